The molecule has 2 aromatic carbocycles. The van der Waals surface area contributed by atoms with Crippen LogP contribution in [0.25, 0.3) is 0 Å². The molecule has 2 unspecified atom stereocenters. The van der Waals surface area contributed by atoms with E-state index >= 15 is 0 Å². The summed E-state index contributed by atoms with van der Waals surface area (Å²) in [4.78, 5) is 12.7. The number of nitrogens with one attached hydrogen (secondary N) is 1. The van der Waals surface area contributed by atoms with Crippen molar-refractivity contribution in [2.24, 2.45) is 5.73 Å². The summed E-state index contributed by atoms with van der Waals surface area (Å²) < 4.78 is 0. The van der Waals surface area contributed by atoms with Gasteiger partial charge in [0.25, 0.3) is 0 Å². The molecule has 1 aliphatic rings. The molecule has 0 fully saturated rings. The van der Waals surface area contributed by atoms with Crippen molar-refractivity contribution < 1.29 is 4.79 Å². The Balaban J connectivity index is 1.76. The summed E-state index contributed by atoms with van der Waals surface area (Å²) in [5, 5.41) is 2.97. The summed E-state index contributed by atoms with van der Waals surface area (Å²) >= 11 is 5.10. The lowest BCUT2D eigenvalue weighted by atomic mass is 9.77. The standard InChI is InChI=1S/C17H16N2OS/c18-16(21)15(11-6-2-1-3-7-11)19-17(20)14-10-12-8-4-5-9-13(12)14/h1-9,14-15H,10H2,(H2,18,21)(H,19,20). The Morgan fingerprint density at radius 2 is 1.81 bits per heavy atom. The molecule has 2 atom stereocenters. The molecule has 21 heavy (non-hydrogen) atoms. The largest absolute Gasteiger partial charge is 0.391 e. The minimum absolute atomic E-state index is 0.0182. The van der Waals surface area contributed by atoms with Crippen molar-refractivity contribution in [1.82, 2.24) is 5.32 Å². The SMILES string of the molecule is NC(=S)C(NC(=O)C1Cc2ccccc21)c1ccccc1. The van der Waals surface area contributed by atoms with Gasteiger partial charge >= 0.3 is 0 Å². The summed E-state index contributed by atoms with van der Waals surface area (Å²) in [6, 6.07) is 17.2. The maximum absolute atomic E-state index is 12.4. The average Bonchev–Trinajstić information content (AvgIpc) is 2.46. The van der Waals surface area contributed by atoms with Gasteiger partial charge < -0.3 is 11.1 Å². The molecule has 1 aliphatic carbocycles. The Hall–Kier alpha value is -2.20. The molecule has 0 bridgehead atoms. The Morgan fingerprint density at radius 1 is 1.14 bits per heavy atom. The topological polar surface area (TPSA) is 55.1 Å². The third-order valence-corrected chi connectivity index (χ3v) is 4.11. The summed E-state index contributed by atoms with van der Waals surface area (Å²) in [7, 11) is 0. The highest BCUT2D eigenvalue weighted by molar-refractivity contribution is 7.80. The number of amides is 1. The molecular formula is C17H16N2OS. The Bertz CT molecular complexity index is 684. The molecule has 106 valence electrons. The molecule has 3 rings (SSSR count). The van der Waals surface area contributed by atoms with E-state index in [1.807, 2.05) is 48.5 Å². The molecule has 0 heterocycles. The molecule has 0 aromatic heterocycles. The van der Waals surface area contributed by atoms with Crippen molar-refractivity contribution in [3.63, 3.8) is 0 Å². The van der Waals surface area contributed by atoms with Gasteiger partial charge in [-0.05, 0) is 23.1 Å². The number of carbonyl (C=O) groups excluding carboxylic acids is 1. The lowest BCUT2D eigenvalue weighted by molar-refractivity contribution is -0.123. The average molecular weight is 296 g/mol. The van der Waals surface area contributed by atoms with Crippen LogP contribution in [0, 0.1) is 0 Å². The van der Waals surface area contributed by atoms with Crippen LogP contribution in [0.4, 0.5) is 0 Å². The zero-order valence-electron chi connectivity index (χ0n) is 11.5. The molecule has 0 aliphatic heterocycles. The number of nitrogens with two attached hydrogens (primary N) is 1. The van der Waals surface area contributed by atoms with Crippen LogP contribution >= 0.6 is 12.2 Å². The van der Waals surface area contributed by atoms with E-state index < -0.39 is 6.04 Å². The molecule has 0 saturated heterocycles. The van der Waals surface area contributed by atoms with Gasteiger partial charge in [0.05, 0.1) is 5.92 Å². The number of carbonyl (C=O) groups is 1. The second-order valence-corrected chi connectivity index (χ2v) is 5.68. The van der Waals surface area contributed by atoms with Crippen molar-refractivity contribution in [3.8, 4) is 0 Å². The van der Waals surface area contributed by atoms with Gasteiger partial charge in [0.1, 0.15) is 11.0 Å². The fourth-order valence-electron chi connectivity index (χ4n) is 2.70. The van der Waals surface area contributed by atoms with E-state index in [1.165, 1.54) is 5.56 Å². The highest BCUT2D eigenvalue weighted by atomic mass is 32.1. The molecule has 3 N–H and O–H groups in total. The van der Waals surface area contributed by atoms with Gasteiger partial charge in [-0.15, -0.1) is 0 Å². The van der Waals surface area contributed by atoms with Crippen LogP contribution in [-0.4, -0.2) is 10.9 Å². The van der Waals surface area contributed by atoms with Crippen molar-refractivity contribution in [1.29, 1.82) is 0 Å². The zero-order valence-corrected chi connectivity index (χ0v) is 12.3. The number of hydrogen-bond donors (Lipinski definition) is 2. The lowest BCUT2D eigenvalue weighted by Crippen LogP contribution is -2.41. The first-order valence-electron chi connectivity index (χ1n) is 6.89. The maximum atomic E-state index is 12.4. The molecule has 0 radical (unpaired) electrons. The van der Waals surface area contributed by atoms with Crippen LogP contribution in [0.5, 0.6) is 0 Å². The first kappa shape index (κ1) is 13.8. The first-order chi connectivity index (χ1) is 10.2. The fourth-order valence-corrected chi connectivity index (χ4v) is 2.89. The third kappa shape index (κ3) is 2.67. The highest BCUT2D eigenvalue weighted by Crippen LogP contribution is 2.35. The Morgan fingerprint density at radius 3 is 2.48 bits per heavy atom. The summed E-state index contributed by atoms with van der Waals surface area (Å²) in [5.41, 5.74) is 9.04. The number of benzene rings is 2. The summed E-state index contributed by atoms with van der Waals surface area (Å²) in [5.74, 6) is -0.114. The number of rotatable bonds is 4. The lowest BCUT2D eigenvalue weighted by Gasteiger charge is -2.30. The van der Waals surface area contributed by atoms with Crippen LogP contribution in [-0.2, 0) is 11.2 Å². The fraction of sp³-hybridized carbons (Fsp3) is 0.176. The molecule has 1 amide bonds. The van der Waals surface area contributed by atoms with Crippen LogP contribution < -0.4 is 11.1 Å². The van der Waals surface area contributed by atoms with Crippen LogP contribution in [0.15, 0.2) is 54.6 Å². The third-order valence-electron chi connectivity index (χ3n) is 3.88. The van der Waals surface area contributed by atoms with Gasteiger partial charge in [0.2, 0.25) is 5.91 Å². The van der Waals surface area contributed by atoms with Gasteiger partial charge in [-0.2, -0.15) is 0 Å². The molecular weight excluding hydrogens is 280 g/mol. The number of fused-ring (bicyclic) bond motifs is 1. The highest BCUT2D eigenvalue weighted by Gasteiger charge is 2.33. The van der Waals surface area contributed by atoms with Crippen molar-refractivity contribution in [2.75, 3.05) is 0 Å². The van der Waals surface area contributed by atoms with Gasteiger partial charge in [-0.25, -0.2) is 0 Å². The van der Waals surface area contributed by atoms with E-state index in [-0.39, 0.29) is 16.8 Å². The number of hydrogen-bond acceptors (Lipinski definition) is 2. The minimum Gasteiger partial charge on any atom is -0.391 e. The molecule has 2 aromatic rings. The first-order valence-corrected chi connectivity index (χ1v) is 7.30. The van der Waals surface area contributed by atoms with Gasteiger partial charge in [-0.1, -0.05) is 66.8 Å². The predicted molar refractivity (Wildman–Crippen MR) is 87.0 cm³/mol. The van der Waals surface area contributed by atoms with E-state index in [9.17, 15) is 4.79 Å². The predicted octanol–water partition coefficient (Wildman–Crippen LogP) is 2.47. The van der Waals surface area contributed by atoms with Crippen molar-refractivity contribution in [2.45, 2.75) is 18.4 Å². The quantitative estimate of drug-likeness (QED) is 0.852. The second-order valence-electron chi connectivity index (χ2n) is 5.21. The monoisotopic (exact) mass is 296 g/mol. The second kappa shape index (κ2) is 5.66. The van der Waals surface area contributed by atoms with Crippen LogP contribution in [0.1, 0.15) is 28.7 Å². The van der Waals surface area contributed by atoms with Crippen LogP contribution in [0.3, 0.4) is 0 Å². The summed E-state index contributed by atoms with van der Waals surface area (Å²) in [6.45, 7) is 0. The van der Waals surface area contributed by atoms with Gasteiger partial charge in [0.15, 0.2) is 0 Å². The molecule has 0 spiro atoms. The van der Waals surface area contributed by atoms with E-state index in [4.69, 9.17) is 18.0 Å². The van der Waals surface area contributed by atoms with E-state index in [0.29, 0.717) is 0 Å². The smallest absolute Gasteiger partial charge is 0.228 e. The summed E-state index contributed by atoms with van der Waals surface area (Å²) in [6.07, 6.45) is 0.779. The molecule has 0 saturated carbocycles. The zero-order chi connectivity index (χ0) is 14.8. The van der Waals surface area contributed by atoms with E-state index in [2.05, 4.69) is 11.4 Å². The Kier molecular flexibility index (Phi) is 3.71. The Labute approximate surface area is 129 Å². The van der Waals surface area contributed by atoms with E-state index in [1.54, 1.807) is 0 Å². The number of thiocarbonyl (C=S) groups is 1. The van der Waals surface area contributed by atoms with Crippen molar-refractivity contribution in [3.05, 3.63) is 71.3 Å². The van der Waals surface area contributed by atoms with E-state index in [0.717, 1.165) is 17.5 Å². The minimum atomic E-state index is -0.415. The molecule has 4 heteroatoms. The van der Waals surface area contributed by atoms with Gasteiger partial charge in [0, 0.05) is 0 Å². The van der Waals surface area contributed by atoms with Crippen molar-refractivity contribution >= 4 is 23.1 Å². The molecule has 3 nitrogen and oxygen atoms in total. The van der Waals surface area contributed by atoms with Gasteiger partial charge in [-0.3, -0.25) is 4.79 Å². The normalized spacial score (nSPS) is 17.2. The maximum Gasteiger partial charge on any atom is 0.228 e. The van der Waals surface area contributed by atoms with Crippen LogP contribution in [0.2, 0.25) is 0 Å².